The van der Waals surface area contributed by atoms with E-state index in [0.717, 1.165) is 0 Å². The highest BCUT2D eigenvalue weighted by Gasteiger charge is 2.18. The van der Waals surface area contributed by atoms with Crippen LogP contribution in [-0.2, 0) is 15.8 Å². The van der Waals surface area contributed by atoms with E-state index in [0.29, 0.717) is 11.3 Å². The summed E-state index contributed by atoms with van der Waals surface area (Å²) in [5, 5.41) is 8.79. The smallest absolute Gasteiger partial charge is 0.335 e. The fraction of sp³-hybridized carbons (Fsp3) is 0.214. The number of carbonyl (C=O) groups is 1. The molecule has 0 spiro atoms. The van der Waals surface area contributed by atoms with E-state index in [-0.39, 0.29) is 11.3 Å². The van der Waals surface area contributed by atoms with Crippen LogP contribution in [0.1, 0.15) is 34.6 Å². The topological polar surface area (TPSA) is 96.6 Å². The lowest BCUT2D eigenvalue weighted by Crippen LogP contribution is -2.27. The minimum Gasteiger partial charge on any atom is -0.478 e. The van der Waals surface area contributed by atoms with Gasteiger partial charge in [-0.1, -0.05) is 12.1 Å². The van der Waals surface area contributed by atoms with Crippen LogP contribution in [0.4, 0.5) is 0 Å². The molecule has 1 heterocycles. The highest BCUT2D eigenvalue weighted by atomic mass is 32.2. The summed E-state index contributed by atoms with van der Waals surface area (Å²) in [6, 6.07) is 8.63. The Morgan fingerprint density at radius 1 is 1.29 bits per heavy atom. The summed E-state index contributed by atoms with van der Waals surface area (Å²) in [6.45, 7) is 1.68. The van der Waals surface area contributed by atoms with Crippen LogP contribution in [0.5, 0.6) is 0 Å². The number of carboxylic acid groups (broad SMARTS) is 1. The van der Waals surface area contributed by atoms with E-state index in [4.69, 9.17) is 9.52 Å². The maximum atomic E-state index is 12.1. The quantitative estimate of drug-likeness (QED) is 0.852. The molecular formula is C14H15NO5S. The van der Waals surface area contributed by atoms with E-state index < -0.39 is 22.0 Å². The third kappa shape index (κ3) is 4.17. The second-order valence-electron chi connectivity index (χ2n) is 4.62. The van der Waals surface area contributed by atoms with E-state index in [1.807, 2.05) is 0 Å². The lowest BCUT2D eigenvalue weighted by Gasteiger charge is -2.12. The first-order valence-electron chi connectivity index (χ1n) is 6.23. The number of hydrogen-bond acceptors (Lipinski definition) is 4. The standard InChI is InChI=1S/C14H15NO5S/c1-10(13-3-2-8-20-13)15-21(18,19)9-11-4-6-12(7-5-11)14(16)17/h2-8,10,15H,9H2,1H3,(H,16,17)/t10-/m0/s1. The van der Waals surface area contributed by atoms with Gasteiger partial charge in [0.05, 0.1) is 23.6 Å². The van der Waals surface area contributed by atoms with Crippen molar-refractivity contribution in [1.29, 1.82) is 0 Å². The Labute approximate surface area is 122 Å². The molecule has 0 aliphatic heterocycles. The average Bonchev–Trinajstić information content (AvgIpc) is 2.92. The monoisotopic (exact) mass is 309 g/mol. The fourth-order valence-electron chi connectivity index (χ4n) is 1.87. The van der Waals surface area contributed by atoms with Gasteiger partial charge in [-0.3, -0.25) is 0 Å². The summed E-state index contributed by atoms with van der Waals surface area (Å²) < 4.78 is 31.8. The van der Waals surface area contributed by atoms with E-state index in [1.54, 1.807) is 19.1 Å². The van der Waals surface area contributed by atoms with E-state index in [1.165, 1.54) is 30.5 Å². The van der Waals surface area contributed by atoms with Gasteiger partial charge in [-0.05, 0) is 36.8 Å². The molecule has 21 heavy (non-hydrogen) atoms. The van der Waals surface area contributed by atoms with Crippen LogP contribution in [0.15, 0.2) is 47.1 Å². The molecule has 0 unspecified atom stereocenters. The number of carboxylic acids is 1. The van der Waals surface area contributed by atoms with Crippen LogP contribution in [0, 0.1) is 0 Å². The molecule has 1 atom stereocenters. The van der Waals surface area contributed by atoms with Crippen LogP contribution >= 0.6 is 0 Å². The first-order valence-corrected chi connectivity index (χ1v) is 7.88. The number of hydrogen-bond donors (Lipinski definition) is 2. The van der Waals surface area contributed by atoms with Crippen molar-refractivity contribution in [1.82, 2.24) is 4.72 Å². The minimum atomic E-state index is -3.55. The summed E-state index contributed by atoms with van der Waals surface area (Å²) in [5.74, 6) is -0.744. The number of furan rings is 1. The zero-order valence-electron chi connectivity index (χ0n) is 11.3. The van der Waals surface area contributed by atoms with Gasteiger partial charge in [0.2, 0.25) is 10.0 Å². The van der Waals surface area contributed by atoms with Gasteiger partial charge in [0.1, 0.15) is 5.76 Å². The Morgan fingerprint density at radius 2 is 1.95 bits per heavy atom. The molecule has 1 aromatic carbocycles. The maximum absolute atomic E-state index is 12.1. The average molecular weight is 309 g/mol. The Morgan fingerprint density at radius 3 is 2.48 bits per heavy atom. The molecule has 0 amide bonds. The summed E-state index contributed by atoms with van der Waals surface area (Å²) in [5.41, 5.74) is 0.632. The van der Waals surface area contributed by atoms with Crippen molar-refractivity contribution in [2.45, 2.75) is 18.7 Å². The van der Waals surface area contributed by atoms with Crippen molar-refractivity contribution >= 4 is 16.0 Å². The number of rotatable bonds is 6. The molecule has 0 saturated heterocycles. The largest absolute Gasteiger partial charge is 0.478 e. The van der Waals surface area contributed by atoms with Gasteiger partial charge in [-0.2, -0.15) is 0 Å². The molecule has 7 heteroatoms. The Bertz CT molecular complexity index is 704. The number of nitrogens with one attached hydrogen (secondary N) is 1. The van der Waals surface area contributed by atoms with Gasteiger partial charge >= 0.3 is 5.97 Å². The highest BCUT2D eigenvalue weighted by Crippen LogP contribution is 2.15. The normalized spacial score (nSPS) is 13.0. The van der Waals surface area contributed by atoms with Crippen molar-refractivity contribution in [3.8, 4) is 0 Å². The van der Waals surface area contributed by atoms with Crippen molar-refractivity contribution < 1.29 is 22.7 Å². The molecule has 2 N–H and O–H groups in total. The third-order valence-electron chi connectivity index (χ3n) is 2.88. The predicted molar refractivity (Wildman–Crippen MR) is 76.3 cm³/mol. The molecule has 112 valence electrons. The van der Waals surface area contributed by atoms with Crippen molar-refractivity contribution in [2.75, 3.05) is 0 Å². The molecular weight excluding hydrogens is 294 g/mol. The Balaban J connectivity index is 2.05. The van der Waals surface area contributed by atoms with Gasteiger partial charge in [-0.25, -0.2) is 17.9 Å². The molecule has 6 nitrogen and oxygen atoms in total. The van der Waals surface area contributed by atoms with Crippen molar-refractivity contribution in [2.24, 2.45) is 0 Å². The molecule has 1 aromatic heterocycles. The van der Waals surface area contributed by atoms with E-state index in [9.17, 15) is 13.2 Å². The SMILES string of the molecule is C[C@H](NS(=O)(=O)Cc1ccc(C(=O)O)cc1)c1ccco1. The van der Waals surface area contributed by atoms with Crippen LogP contribution in [0.25, 0.3) is 0 Å². The van der Waals surface area contributed by atoms with Gasteiger partial charge < -0.3 is 9.52 Å². The molecule has 0 aliphatic carbocycles. The first kappa shape index (κ1) is 15.3. The molecule has 0 saturated carbocycles. The van der Waals surface area contributed by atoms with Gasteiger partial charge in [-0.15, -0.1) is 0 Å². The Hall–Kier alpha value is -2.12. The lowest BCUT2D eigenvalue weighted by atomic mass is 10.1. The van der Waals surface area contributed by atoms with E-state index in [2.05, 4.69) is 4.72 Å². The molecule has 0 fully saturated rings. The lowest BCUT2D eigenvalue weighted by molar-refractivity contribution is 0.0697. The maximum Gasteiger partial charge on any atom is 0.335 e. The Kier molecular flexibility index (Phi) is 4.44. The summed E-state index contributed by atoms with van der Waals surface area (Å²) in [7, 11) is -3.55. The third-order valence-corrected chi connectivity index (χ3v) is 4.31. The van der Waals surface area contributed by atoms with Crippen LogP contribution in [0.2, 0.25) is 0 Å². The van der Waals surface area contributed by atoms with Gasteiger partial charge in [0.15, 0.2) is 0 Å². The second kappa shape index (κ2) is 6.11. The van der Waals surface area contributed by atoms with E-state index >= 15 is 0 Å². The summed E-state index contributed by atoms with van der Waals surface area (Å²) in [4.78, 5) is 10.7. The van der Waals surface area contributed by atoms with Crippen LogP contribution in [0.3, 0.4) is 0 Å². The highest BCUT2D eigenvalue weighted by molar-refractivity contribution is 7.88. The molecule has 0 aliphatic rings. The number of benzene rings is 1. The summed E-state index contributed by atoms with van der Waals surface area (Å²) >= 11 is 0. The zero-order valence-corrected chi connectivity index (χ0v) is 12.1. The fourth-order valence-corrected chi connectivity index (χ4v) is 3.24. The van der Waals surface area contributed by atoms with Gasteiger partial charge in [0.25, 0.3) is 0 Å². The minimum absolute atomic E-state index is 0.119. The van der Waals surface area contributed by atoms with Gasteiger partial charge in [0, 0.05) is 0 Å². The molecule has 2 rings (SSSR count). The van der Waals surface area contributed by atoms with Crippen molar-refractivity contribution in [3.05, 3.63) is 59.5 Å². The number of sulfonamides is 1. The second-order valence-corrected chi connectivity index (χ2v) is 6.37. The summed E-state index contributed by atoms with van der Waals surface area (Å²) in [6.07, 6.45) is 1.48. The molecule has 0 bridgehead atoms. The van der Waals surface area contributed by atoms with Crippen LogP contribution < -0.4 is 4.72 Å². The number of aromatic carboxylic acids is 1. The predicted octanol–water partition coefficient (Wildman–Crippen LogP) is 2.16. The van der Waals surface area contributed by atoms with Crippen molar-refractivity contribution in [3.63, 3.8) is 0 Å². The van der Waals surface area contributed by atoms with Crippen LogP contribution in [-0.4, -0.2) is 19.5 Å². The molecule has 0 radical (unpaired) electrons. The zero-order chi connectivity index (χ0) is 15.5. The first-order chi connectivity index (χ1) is 9.87. The molecule has 2 aromatic rings.